The highest BCUT2D eigenvalue weighted by molar-refractivity contribution is 5.50. The number of benzene rings is 1. The second kappa shape index (κ2) is 7.10. The van der Waals surface area contributed by atoms with Crippen molar-refractivity contribution in [1.82, 2.24) is 0 Å². The Morgan fingerprint density at radius 3 is 2.57 bits per heavy atom. The van der Waals surface area contributed by atoms with Crippen LogP contribution in [-0.2, 0) is 0 Å². The van der Waals surface area contributed by atoms with E-state index < -0.39 is 0 Å². The van der Waals surface area contributed by atoms with E-state index in [1.165, 1.54) is 5.56 Å². The smallest absolute Gasteiger partial charge is 0.00743 e. The van der Waals surface area contributed by atoms with E-state index >= 15 is 0 Å². The zero-order valence-electron chi connectivity index (χ0n) is 8.39. The summed E-state index contributed by atoms with van der Waals surface area (Å²) in [4.78, 5) is 0. The fourth-order valence-electron chi connectivity index (χ4n) is 1.14. The highest BCUT2D eigenvalue weighted by atomic mass is 14.5. The molecule has 1 rings (SSSR count). The maximum absolute atomic E-state index is 5.38. The van der Waals surface area contributed by atoms with Gasteiger partial charge in [-0.2, -0.15) is 0 Å². The summed E-state index contributed by atoms with van der Waals surface area (Å²) >= 11 is 0. The summed E-state index contributed by atoms with van der Waals surface area (Å²) in [5, 5.41) is 0. The van der Waals surface area contributed by atoms with Crippen molar-refractivity contribution in [2.24, 2.45) is 5.73 Å². The first kappa shape index (κ1) is 10.7. The standard InChI is InChI=1S/C13H17N/c14-12-8-3-1-2-5-9-13-10-6-4-7-11-13/h1-2,4-7,9-11H,3,8,12,14H2/b2-1+,9-5+. The van der Waals surface area contributed by atoms with Gasteiger partial charge in [0.05, 0.1) is 0 Å². The summed E-state index contributed by atoms with van der Waals surface area (Å²) in [6.07, 6.45) is 10.5. The molecule has 1 aromatic rings. The van der Waals surface area contributed by atoms with Gasteiger partial charge in [-0.3, -0.25) is 0 Å². The van der Waals surface area contributed by atoms with Crippen molar-refractivity contribution in [2.45, 2.75) is 12.8 Å². The summed E-state index contributed by atoms with van der Waals surface area (Å²) in [6.45, 7) is 0.771. The van der Waals surface area contributed by atoms with Gasteiger partial charge in [0, 0.05) is 0 Å². The third-order valence-corrected chi connectivity index (χ3v) is 1.91. The summed E-state index contributed by atoms with van der Waals surface area (Å²) < 4.78 is 0. The SMILES string of the molecule is NCCC/C=C/C=C/c1ccccc1. The first-order valence-electron chi connectivity index (χ1n) is 5.02. The molecule has 1 heteroatoms. The second-order valence-electron chi connectivity index (χ2n) is 3.13. The molecular formula is C13H17N. The highest BCUT2D eigenvalue weighted by Gasteiger charge is 1.80. The average Bonchev–Trinajstić information content (AvgIpc) is 2.25. The topological polar surface area (TPSA) is 26.0 Å². The Morgan fingerprint density at radius 1 is 1.07 bits per heavy atom. The van der Waals surface area contributed by atoms with E-state index in [0.29, 0.717) is 0 Å². The number of hydrogen-bond acceptors (Lipinski definition) is 1. The van der Waals surface area contributed by atoms with Crippen molar-refractivity contribution in [3.63, 3.8) is 0 Å². The van der Waals surface area contributed by atoms with E-state index in [4.69, 9.17) is 5.73 Å². The minimum absolute atomic E-state index is 0.771. The van der Waals surface area contributed by atoms with Crippen LogP contribution in [0.25, 0.3) is 6.08 Å². The van der Waals surface area contributed by atoms with E-state index in [2.05, 4.69) is 36.4 Å². The van der Waals surface area contributed by atoms with Gasteiger partial charge in [0.15, 0.2) is 0 Å². The zero-order chi connectivity index (χ0) is 10.1. The van der Waals surface area contributed by atoms with E-state index in [1.54, 1.807) is 0 Å². The Bertz CT molecular complexity index is 285. The van der Waals surface area contributed by atoms with Crippen LogP contribution < -0.4 is 5.73 Å². The fourth-order valence-corrected chi connectivity index (χ4v) is 1.14. The Labute approximate surface area is 85.9 Å². The predicted octanol–water partition coefficient (Wildman–Crippen LogP) is 2.99. The molecule has 0 spiro atoms. The van der Waals surface area contributed by atoms with Gasteiger partial charge in [-0.25, -0.2) is 0 Å². The molecule has 0 radical (unpaired) electrons. The number of rotatable bonds is 5. The van der Waals surface area contributed by atoms with Gasteiger partial charge in [-0.15, -0.1) is 0 Å². The van der Waals surface area contributed by atoms with E-state index in [-0.39, 0.29) is 0 Å². The molecular weight excluding hydrogens is 170 g/mol. The molecule has 0 fully saturated rings. The molecule has 0 bridgehead atoms. The van der Waals surface area contributed by atoms with Crippen LogP contribution >= 0.6 is 0 Å². The zero-order valence-corrected chi connectivity index (χ0v) is 8.39. The highest BCUT2D eigenvalue weighted by Crippen LogP contribution is 2.01. The third kappa shape index (κ3) is 4.63. The van der Waals surface area contributed by atoms with Gasteiger partial charge < -0.3 is 5.73 Å². The van der Waals surface area contributed by atoms with Gasteiger partial charge in [-0.1, -0.05) is 54.6 Å². The molecule has 0 aliphatic rings. The molecule has 0 aliphatic carbocycles. The maximum Gasteiger partial charge on any atom is -0.00743 e. The van der Waals surface area contributed by atoms with Crippen molar-refractivity contribution >= 4 is 6.08 Å². The van der Waals surface area contributed by atoms with E-state index in [9.17, 15) is 0 Å². The molecule has 0 heterocycles. The van der Waals surface area contributed by atoms with Crippen LogP contribution in [0.3, 0.4) is 0 Å². The lowest BCUT2D eigenvalue weighted by molar-refractivity contribution is 0.855. The van der Waals surface area contributed by atoms with Gasteiger partial charge in [-0.05, 0) is 24.9 Å². The van der Waals surface area contributed by atoms with Crippen molar-refractivity contribution in [3.05, 3.63) is 54.1 Å². The normalized spacial score (nSPS) is 11.5. The summed E-state index contributed by atoms with van der Waals surface area (Å²) in [5.74, 6) is 0. The molecule has 0 saturated carbocycles. The molecule has 0 aromatic heterocycles. The summed E-state index contributed by atoms with van der Waals surface area (Å²) in [7, 11) is 0. The molecule has 0 unspecified atom stereocenters. The van der Waals surface area contributed by atoms with Crippen molar-refractivity contribution in [3.8, 4) is 0 Å². The number of allylic oxidation sites excluding steroid dienone is 3. The van der Waals surface area contributed by atoms with Crippen LogP contribution in [0.5, 0.6) is 0 Å². The Balaban J connectivity index is 2.31. The Morgan fingerprint density at radius 2 is 1.86 bits per heavy atom. The largest absolute Gasteiger partial charge is 0.330 e. The first-order chi connectivity index (χ1) is 6.93. The molecule has 0 amide bonds. The van der Waals surface area contributed by atoms with Crippen LogP contribution in [0.15, 0.2) is 48.6 Å². The molecule has 1 aromatic carbocycles. The minimum Gasteiger partial charge on any atom is -0.330 e. The molecule has 0 saturated heterocycles. The molecule has 2 N–H and O–H groups in total. The van der Waals surface area contributed by atoms with Crippen LogP contribution in [0, 0.1) is 0 Å². The average molecular weight is 187 g/mol. The third-order valence-electron chi connectivity index (χ3n) is 1.91. The lowest BCUT2D eigenvalue weighted by Crippen LogP contribution is -1.96. The molecule has 0 aliphatic heterocycles. The monoisotopic (exact) mass is 187 g/mol. The van der Waals surface area contributed by atoms with Crippen LogP contribution in [0.2, 0.25) is 0 Å². The molecule has 74 valence electrons. The van der Waals surface area contributed by atoms with Gasteiger partial charge in [0.2, 0.25) is 0 Å². The second-order valence-corrected chi connectivity index (χ2v) is 3.13. The number of nitrogens with two attached hydrogens (primary N) is 1. The quantitative estimate of drug-likeness (QED) is 0.556. The summed E-state index contributed by atoms with van der Waals surface area (Å²) in [5.41, 5.74) is 6.61. The lowest BCUT2D eigenvalue weighted by Gasteiger charge is -1.89. The predicted molar refractivity (Wildman–Crippen MR) is 62.9 cm³/mol. The molecule has 1 nitrogen and oxygen atoms in total. The van der Waals surface area contributed by atoms with Gasteiger partial charge in [0.1, 0.15) is 0 Å². The first-order valence-corrected chi connectivity index (χ1v) is 5.02. The van der Waals surface area contributed by atoms with Gasteiger partial charge in [0.25, 0.3) is 0 Å². The summed E-state index contributed by atoms with van der Waals surface area (Å²) in [6, 6.07) is 10.3. The van der Waals surface area contributed by atoms with E-state index in [0.717, 1.165) is 19.4 Å². The minimum atomic E-state index is 0.771. The fraction of sp³-hybridized carbons (Fsp3) is 0.231. The van der Waals surface area contributed by atoms with Crippen molar-refractivity contribution < 1.29 is 0 Å². The van der Waals surface area contributed by atoms with Gasteiger partial charge >= 0.3 is 0 Å². The van der Waals surface area contributed by atoms with Crippen LogP contribution in [-0.4, -0.2) is 6.54 Å². The molecule has 0 atom stereocenters. The number of unbranched alkanes of at least 4 members (excludes halogenated alkanes) is 1. The van der Waals surface area contributed by atoms with Crippen molar-refractivity contribution in [2.75, 3.05) is 6.54 Å². The molecule has 14 heavy (non-hydrogen) atoms. The van der Waals surface area contributed by atoms with E-state index in [1.807, 2.05) is 18.2 Å². The maximum atomic E-state index is 5.38. The Kier molecular flexibility index (Phi) is 5.45. The van der Waals surface area contributed by atoms with Crippen molar-refractivity contribution in [1.29, 1.82) is 0 Å². The lowest BCUT2D eigenvalue weighted by atomic mass is 10.2. The Hall–Kier alpha value is -1.34. The van der Waals surface area contributed by atoms with Crippen LogP contribution in [0.4, 0.5) is 0 Å². The number of hydrogen-bond donors (Lipinski definition) is 1. The van der Waals surface area contributed by atoms with Crippen LogP contribution in [0.1, 0.15) is 18.4 Å².